The number of fused-ring (bicyclic) bond motifs is 1. The van der Waals surface area contributed by atoms with Gasteiger partial charge in [0.2, 0.25) is 0 Å². The van der Waals surface area contributed by atoms with Crippen LogP contribution in [0.4, 0.5) is 10.2 Å². The highest BCUT2D eigenvalue weighted by Gasteiger charge is 2.17. The van der Waals surface area contributed by atoms with Gasteiger partial charge in [0, 0.05) is 30.0 Å². The highest BCUT2D eigenvalue weighted by atomic mass is 35.5. The van der Waals surface area contributed by atoms with Crippen molar-refractivity contribution in [3.63, 3.8) is 0 Å². The second-order valence-corrected chi connectivity index (χ2v) is 6.00. The van der Waals surface area contributed by atoms with Crippen LogP contribution in [0.25, 0.3) is 33.5 Å². The van der Waals surface area contributed by atoms with Crippen LogP contribution in [0.3, 0.4) is 0 Å². The summed E-state index contributed by atoms with van der Waals surface area (Å²) in [6.07, 6.45) is 4.70. The third-order valence-electron chi connectivity index (χ3n) is 3.99. The SMILES string of the molecule is CNc1nc(-c2cnccn2)nc2ccc(-c3ccc(Cl)cc3)c(F)c12. The monoisotopic (exact) mass is 365 g/mol. The van der Waals surface area contributed by atoms with Crippen LogP contribution in [0.15, 0.2) is 55.0 Å². The van der Waals surface area contributed by atoms with Gasteiger partial charge in [0.05, 0.1) is 17.1 Å². The van der Waals surface area contributed by atoms with E-state index in [9.17, 15) is 0 Å². The van der Waals surface area contributed by atoms with E-state index in [1.54, 1.807) is 62.0 Å². The molecular formula is C19H13ClFN5. The first kappa shape index (κ1) is 16.4. The van der Waals surface area contributed by atoms with Crippen molar-refractivity contribution in [2.75, 3.05) is 12.4 Å². The van der Waals surface area contributed by atoms with E-state index in [0.717, 1.165) is 5.56 Å². The Morgan fingerprint density at radius 3 is 2.50 bits per heavy atom. The van der Waals surface area contributed by atoms with Crippen molar-refractivity contribution in [1.29, 1.82) is 0 Å². The average molecular weight is 366 g/mol. The second kappa shape index (κ2) is 6.65. The van der Waals surface area contributed by atoms with Gasteiger partial charge in [-0.25, -0.2) is 19.3 Å². The minimum atomic E-state index is -0.389. The van der Waals surface area contributed by atoms with E-state index < -0.39 is 0 Å². The van der Waals surface area contributed by atoms with Crippen molar-refractivity contribution in [2.45, 2.75) is 0 Å². The van der Waals surface area contributed by atoms with E-state index in [1.165, 1.54) is 0 Å². The summed E-state index contributed by atoms with van der Waals surface area (Å²) >= 11 is 5.92. The highest BCUT2D eigenvalue weighted by molar-refractivity contribution is 6.30. The molecule has 0 spiro atoms. The molecule has 0 atom stereocenters. The lowest BCUT2D eigenvalue weighted by molar-refractivity contribution is 0.643. The van der Waals surface area contributed by atoms with Crippen molar-refractivity contribution in [1.82, 2.24) is 19.9 Å². The minimum absolute atomic E-state index is 0.326. The molecule has 128 valence electrons. The topological polar surface area (TPSA) is 63.6 Å². The second-order valence-electron chi connectivity index (χ2n) is 5.56. The third kappa shape index (κ3) is 2.84. The van der Waals surface area contributed by atoms with E-state index in [0.29, 0.717) is 38.8 Å². The molecule has 4 aromatic rings. The van der Waals surface area contributed by atoms with Gasteiger partial charge < -0.3 is 5.32 Å². The maximum absolute atomic E-state index is 15.3. The number of nitrogens with one attached hydrogen (secondary N) is 1. The largest absolute Gasteiger partial charge is 0.372 e. The number of hydrogen-bond acceptors (Lipinski definition) is 5. The van der Waals surface area contributed by atoms with Crippen LogP contribution in [-0.2, 0) is 0 Å². The van der Waals surface area contributed by atoms with Crippen molar-refractivity contribution in [2.24, 2.45) is 0 Å². The minimum Gasteiger partial charge on any atom is -0.372 e. The zero-order chi connectivity index (χ0) is 18.1. The molecule has 1 N–H and O–H groups in total. The molecule has 0 unspecified atom stereocenters. The van der Waals surface area contributed by atoms with Gasteiger partial charge in [0.15, 0.2) is 5.82 Å². The molecule has 2 heterocycles. The summed E-state index contributed by atoms with van der Waals surface area (Å²) in [5, 5.41) is 3.87. The van der Waals surface area contributed by atoms with Crippen molar-refractivity contribution >= 4 is 28.3 Å². The Labute approximate surface area is 153 Å². The molecule has 7 heteroatoms. The predicted molar refractivity (Wildman–Crippen MR) is 101 cm³/mol. The van der Waals surface area contributed by atoms with Gasteiger partial charge >= 0.3 is 0 Å². The fourth-order valence-corrected chi connectivity index (χ4v) is 2.87. The Hall–Kier alpha value is -3.12. The molecule has 0 aliphatic heterocycles. The van der Waals surface area contributed by atoms with E-state index in [4.69, 9.17) is 11.6 Å². The lowest BCUT2D eigenvalue weighted by Crippen LogP contribution is -2.02. The van der Waals surface area contributed by atoms with Gasteiger partial charge in [-0.05, 0) is 29.8 Å². The number of rotatable bonds is 3. The van der Waals surface area contributed by atoms with Gasteiger partial charge in [-0.3, -0.25) is 4.98 Å². The number of nitrogens with zero attached hydrogens (tertiary/aromatic N) is 4. The van der Waals surface area contributed by atoms with Crippen LogP contribution in [0.1, 0.15) is 0 Å². The van der Waals surface area contributed by atoms with Crippen molar-refractivity contribution in [3.05, 3.63) is 65.8 Å². The summed E-state index contributed by atoms with van der Waals surface area (Å²) in [6, 6.07) is 10.5. The molecule has 5 nitrogen and oxygen atoms in total. The van der Waals surface area contributed by atoms with E-state index in [1.807, 2.05) is 0 Å². The molecule has 0 aliphatic rings. The van der Waals surface area contributed by atoms with Crippen LogP contribution in [-0.4, -0.2) is 27.0 Å². The standard InChI is InChI=1S/C19H13ClFN5/c1-22-19-16-14(25-18(26-19)15-10-23-8-9-24-15)7-6-13(17(16)21)11-2-4-12(20)5-3-11/h2-10H,1H3,(H,22,25,26). The van der Waals surface area contributed by atoms with Gasteiger partial charge in [-0.15, -0.1) is 0 Å². The number of hydrogen-bond donors (Lipinski definition) is 1. The summed E-state index contributed by atoms with van der Waals surface area (Å²) in [6.45, 7) is 0. The Morgan fingerprint density at radius 1 is 1.00 bits per heavy atom. The predicted octanol–water partition coefficient (Wildman–Crippen LogP) is 4.59. The summed E-state index contributed by atoms with van der Waals surface area (Å²) in [5.74, 6) is 0.387. The highest BCUT2D eigenvalue weighted by Crippen LogP contribution is 2.33. The molecule has 2 aromatic carbocycles. The Bertz CT molecular complexity index is 1080. The zero-order valence-corrected chi connectivity index (χ0v) is 14.5. The van der Waals surface area contributed by atoms with Crippen LogP contribution in [0, 0.1) is 5.82 Å². The van der Waals surface area contributed by atoms with E-state index >= 15 is 4.39 Å². The Kier molecular flexibility index (Phi) is 4.18. The molecule has 0 fully saturated rings. The number of benzene rings is 2. The molecule has 4 rings (SSSR count). The number of anilines is 1. The fraction of sp³-hybridized carbons (Fsp3) is 0.0526. The summed E-state index contributed by atoms with van der Waals surface area (Å²) in [5.41, 5.74) is 2.20. The van der Waals surface area contributed by atoms with Gasteiger partial charge in [-0.2, -0.15) is 0 Å². The zero-order valence-electron chi connectivity index (χ0n) is 13.7. The molecule has 0 radical (unpaired) electrons. The Morgan fingerprint density at radius 2 is 1.81 bits per heavy atom. The molecule has 0 amide bonds. The van der Waals surface area contributed by atoms with Crippen LogP contribution in [0.2, 0.25) is 5.02 Å². The molecule has 26 heavy (non-hydrogen) atoms. The van der Waals surface area contributed by atoms with Crippen molar-refractivity contribution < 1.29 is 4.39 Å². The number of aromatic nitrogens is 4. The molecular weight excluding hydrogens is 353 g/mol. The smallest absolute Gasteiger partial charge is 0.182 e. The molecule has 0 saturated heterocycles. The molecule has 2 aromatic heterocycles. The first-order chi connectivity index (χ1) is 12.7. The third-order valence-corrected chi connectivity index (χ3v) is 4.24. The van der Waals surface area contributed by atoms with Crippen LogP contribution < -0.4 is 5.32 Å². The average Bonchev–Trinajstić information content (AvgIpc) is 2.69. The van der Waals surface area contributed by atoms with Crippen LogP contribution >= 0.6 is 11.6 Å². The maximum Gasteiger partial charge on any atom is 0.182 e. The van der Waals surface area contributed by atoms with Crippen LogP contribution in [0.5, 0.6) is 0 Å². The maximum atomic E-state index is 15.3. The van der Waals surface area contributed by atoms with Gasteiger partial charge in [0.25, 0.3) is 0 Å². The lowest BCUT2D eigenvalue weighted by atomic mass is 10.0. The number of halogens is 2. The normalized spacial score (nSPS) is 10.9. The quantitative estimate of drug-likeness (QED) is 0.575. The Balaban J connectivity index is 1.93. The van der Waals surface area contributed by atoms with E-state index in [-0.39, 0.29) is 5.82 Å². The fourth-order valence-electron chi connectivity index (χ4n) is 2.75. The van der Waals surface area contributed by atoms with E-state index in [2.05, 4.69) is 25.3 Å². The summed E-state index contributed by atoms with van der Waals surface area (Å²) in [7, 11) is 1.69. The lowest BCUT2D eigenvalue weighted by Gasteiger charge is -2.11. The molecule has 0 aliphatic carbocycles. The summed E-state index contributed by atoms with van der Waals surface area (Å²) in [4.78, 5) is 17.1. The first-order valence-electron chi connectivity index (χ1n) is 7.87. The summed E-state index contributed by atoms with van der Waals surface area (Å²) < 4.78 is 15.3. The van der Waals surface area contributed by atoms with Gasteiger partial charge in [-0.1, -0.05) is 23.7 Å². The first-order valence-corrected chi connectivity index (χ1v) is 8.25. The molecule has 0 bridgehead atoms. The van der Waals surface area contributed by atoms with Crippen molar-refractivity contribution in [3.8, 4) is 22.6 Å². The molecule has 0 saturated carbocycles. The van der Waals surface area contributed by atoms with Gasteiger partial charge in [0.1, 0.15) is 17.3 Å².